The standard InChI is InChI=1S/C8H8ClNO3/c9-3-5(10)8-6(12)1-4(11)2-7(8)13/h1-2,10-13H,3H2. The van der Waals surface area contributed by atoms with Gasteiger partial charge in [-0.05, 0) is 0 Å². The van der Waals surface area contributed by atoms with Gasteiger partial charge in [-0.15, -0.1) is 11.6 Å². The number of nitrogens with one attached hydrogen (secondary N) is 1. The zero-order chi connectivity index (χ0) is 10.0. The molecule has 0 aliphatic heterocycles. The molecule has 1 aromatic rings. The van der Waals surface area contributed by atoms with Gasteiger partial charge in [0.15, 0.2) is 0 Å². The van der Waals surface area contributed by atoms with E-state index in [0.717, 1.165) is 12.1 Å². The van der Waals surface area contributed by atoms with Gasteiger partial charge >= 0.3 is 0 Å². The van der Waals surface area contributed by atoms with Crippen LogP contribution in [-0.2, 0) is 0 Å². The molecule has 1 aromatic carbocycles. The smallest absolute Gasteiger partial charge is 0.132 e. The number of hydrogen-bond acceptors (Lipinski definition) is 4. The molecular formula is C8H8ClNO3. The van der Waals surface area contributed by atoms with Crippen molar-refractivity contribution in [2.24, 2.45) is 0 Å². The maximum absolute atomic E-state index is 9.25. The van der Waals surface area contributed by atoms with Crippen molar-refractivity contribution in [3.8, 4) is 17.2 Å². The fourth-order valence-electron chi connectivity index (χ4n) is 0.973. The van der Waals surface area contributed by atoms with E-state index in [1.807, 2.05) is 0 Å². The first-order valence-electron chi connectivity index (χ1n) is 3.45. The number of phenolic OH excluding ortho intramolecular Hbond substituents is 3. The molecule has 4 nitrogen and oxygen atoms in total. The Kier molecular flexibility index (Phi) is 2.63. The zero-order valence-electron chi connectivity index (χ0n) is 6.58. The van der Waals surface area contributed by atoms with Crippen LogP contribution in [0, 0.1) is 5.41 Å². The first-order chi connectivity index (χ1) is 6.06. The molecule has 5 heteroatoms. The average Bonchev–Trinajstić information content (AvgIpc) is 2.02. The Balaban J connectivity index is 3.28. The summed E-state index contributed by atoms with van der Waals surface area (Å²) in [7, 11) is 0. The van der Waals surface area contributed by atoms with E-state index in [1.165, 1.54) is 0 Å². The largest absolute Gasteiger partial charge is 0.508 e. The number of halogens is 1. The maximum atomic E-state index is 9.25. The molecule has 0 aliphatic rings. The molecule has 0 saturated heterocycles. The van der Waals surface area contributed by atoms with Crippen LogP contribution in [0.2, 0.25) is 0 Å². The Morgan fingerprint density at radius 2 is 1.69 bits per heavy atom. The van der Waals surface area contributed by atoms with E-state index in [9.17, 15) is 10.2 Å². The van der Waals surface area contributed by atoms with E-state index in [1.54, 1.807) is 0 Å². The van der Waals surface area contributed by atoms with Gasteiger partial charge < -0.3 is 20.7 Å². The van der Waals surface area contributed by atoms with Crippen molar-refractivity contribution < 1.29 is 15.3 Å². The van der Waals surface area contributed by atoms with Gasteiger partial charge in [-0.3, -0.25) is 0 Å². The van der Waals surface area contributed by atoms with Gasteiger partial charge in [0.25, 0.3) is 0 Å². The minimum atomic E-state index is -0.358. The van der Waals surface area contributed by atoms with Crippen molar-refractivity contribution in [1.82, 2.24) is 0 Å². The van der Waals surface area contributed by atoms with Gasteiger partial charge in [-0.25, -0.2) is 0 Å². The topological polar surface area (TPSA) is 84.5 Å². The summed E-state index contributed by atoms with van der Waals surface area (Å²) >= 11 is 5.36. The fraction of sp³-hybridized carbons (Fsp3) is 0.125. The number of rotatable bonds is 2. The second kappa shape index (κ2) is 3.53. The van der Waals surface area contributed by atoms with Crippen LogP contribution >= 0.6 is 11.6 Å². The summed E-state index contributed by atoms with van der Waals surface area (Å²) in [5.74, 6) is -1.10. The number of benzene rings is 1. The lowest BCUT2D eigenvalue weighted by Crippen LogP contribution is -2.01. The fourth-order valence-corrected chi connectivity index (χ4v) is 1.11. The molecule has 0 unspecified atom stereocenters. The van der Waals surface area contributed by atoms with E-state index in [-0.39, 0.29) is 34.4 Å². The lowest BCUT2D eigenvalue weighted by Gasteiger charge is -2.06. The van der Waals surface area contributed by atoms with Crippen LogP contribution in [0.3, 0.4) is 0 Å². The highest BCUT2D eigenvalue weighted by Gasteiger charge is 2.13. The minimum absolute atomic E-state index is 0.0483. The van der Waals surface area contributed by atoms with Crippen molar-refractivity contribution in [2.45, 2.75) is 0 Å². The van der Waals surface area contributed by atoms with Crippen molar-refractivity contribution in [2.75, 3.05) is 5.88 Å². The first kappa shape index (κ1) is 9.67. The maximum Gasteiger partial charge on any atom is 0.132 e. The van der Waals surface area contributed by atoms with Gasteiger partial charge in [0.05, 0.1) is 17.2 Å². The molecule has 0 amide bonds. The van der Waals surface area contributed by atoms with Gasteiger partial charge in [-0.2, -0.15) is 0 Å². The average molecular weight is 202 g/mol. The van der Waals surface area contributed by atoms with E-state index in [0.29, 0.717) is 0 Å². The lowest BCUT2D eigenvalue weighted by atomic mass is 10.1. The summed E-state index contributed by atoms with van der Waals surface area (Å²) in [6.45, 7) is 0. The Morgan fingerprint density at radius 1 is 1.23 bits per heavy atom. The van der Waals surface area contributed by atoms with Gasteiger partial charge in [-0.1, -0.05) is 0 Å². The zero-order valence-corrected chi connectivity index (χ0v) is 7.34. The summed E-state index contributed by atoms with van der Waals surface area (Å²) in [5.41, 5.74) is -0.149. The molecule has 13 heavy (non-hydrogen) atoms. The van der Waals surface area contributed by atoms with Gasteiger partial charge in [0.1, 0.15) is 17.2 Å². The molecule has 0 atom stereocenters. The summed E-state index contributed by atoms with van der Waals surface area (Å²) < 4.78 is 0. The minimum Gasteiger partial charge on any atom is -0.508 e. The van der Waals surface area contributed by atoms with Crippen LogP contribution in [0.25, 0.3) is 0 Å². The number of phenols is 3. The van der Waals surface area contributed by atoms with Crippen LogP contribution in [-0.4, -0.2) is 26.9 Å². The molecule has 0 fully saturated rings. The summed E-state index contributed by atoms with van der Waals surface area (Å²) in [4.78, 5) is 0. The highest BCUT2D eigenvalue weighted by Crippen LogP contribution is 2.32. The molecule has 0 bridgehead atoms. The number of aromatic hydroxyl groups is 3. The Hall–Kier alpha value is -1.42. The lowest BCUT2D eigenvalue weighted by molar-refractivity contribution is 0.426. The second-order valence-corrected chi connectivity index (χ2v) is 2.74. The second-order valence-electron chi connectivity index (χ2n) is 2.47. The molecule has 0 aromatic heterocycles. The third kappa shape index (κ3) is 1.84. The van der Waals surface area contributed by atoms with E-state index in [2.05, 4.69) is 0 Å². The number of alkyl halides is 1. The SMILES string of the molecule is N=C(CCl)c1c(O)cc(O)cc1O. The monoisotopic (exact) mass is 201 g/mol. The quantitative estimate of drug-likeness (QED) is 0.431. The van der Waals surface area contributed by atoms with Crippen LogP contribution in [0.5, 0.6) is 17.2 Å². The van der Waals surface area contributed by atoms with Crippen LogP contribution in [0.4, 0.5) is 0 Å². The normalized spacial score (nSPS) is 9.92. The first-order valence-corrected chi connectivity index (χ1v) is 3.98. The molecule has 0 saturated carbocycles. The molecule has 0 spiro atoms. The van der Waals surface area contributed by atoms with Crippen LogP contribution < -0.4 is 0 Å². The summed E-state index contributed by atoms with van der Waals surface area (Å²) in [5, 5.41) is 34.8. The summed E-state index contributed by atoms with van der Waals surface area (Å²) in [6.07, 6.45) is 0. The van der Waals surface area contributed by atoms with Crippen LogP contribution in [0.15, 0.2) is 12.1 Å². The van der Waals surface area contributed by atoms with Gasteiger partial charge in [0.2, 0.25) is 0 Å². The highest BCUT2D eigenvalue weighted by atomic mass is 35.5. The van der Waals surface area contributed by atoms with E-state index in [4.69, 9.17) is 22.1 Å². The Labute approximate surface area is 79.5 Å². The third-order valence-corrected chi connectivity index (χ3v) is 1.78. The van der Waals surface area contributed by atoms with Crippen LogP contribution in [0.1, 0.15) is 5.56 Å². The van der Waals surface area contributed by atoms with Crippen molar-refractivity contribution >= 4 is 17.3 Å². The third-order valence-electron chi connectivity index (χ3n) is 1.52. The number of hydrogen-bond donors (Lipinski definition) is 4. The molecule has 0 heterocycles. The highest BCUT2D eigenvalue weighted by molar-refractivity contribution is 6.31. The van der Waals surface area contributed by atoms with Crippen molar-refractivity contribution in [1.29, 1.82) is 5.41 Å². The molecule has 0 aliphatic carbocycles. The predicted molar refractivity (Wildman–Crippen MR) is 49.0 cm³/mol. The summed E-state index contributed by atoms with van der Waals surface area (Å²) in [6, 6.07) is 2.08. The van der Waals surface area contributed by atoms with E-state index >= 15 is 0 Å². The van der Waals surface area contributed by atoms with Crippen molar-refractivity contribution in [3.05, 3.63) is 17.7 Å². The molecule has 70 valence electrons. The molecule has 0 radical (unpaired) electrons. The Bertz CT molecular complexity index is 328. The van der Waals surface area contributed by atoms with Gasteiger partial charge in [0, 0.05) is 12.1 Å². The predicted octanol–water partition coefficient (Wildman–Crippen LogP) is 1.41. The Morgan fingerprint density at radius 3 is 2.08 bits per heavy atom. The molecule has 4 N–H and O–H groups in total. The van der Waals surface area contributed by atoms with E-state index < -0.39 is 0 Å². The van der Waals surface area contributed by atoms with Crippen molar-refractivity contribution in [3.63, 3.8) is 0 Å². The molecular weight excluding hydrogens is 194 g/mol. The molecule has 1 rings (SSSR count).